The van der Waals surface area contributed by atoms with Crippen LogP contribution in [0.25, 0.3) is 10.6 Å². The summed E-state index contributed by atoms with van der Waals surface area (Å²) in [4.78, 5) is 16.0. The number of amides is 1. The first-order chi connectivity index (χ1) is 15.2. The quantitative estimate of drug-likeness (QED) is 0.605. The number of anilines is 1. The van der Waals surface area contributed by atoms with Crippen LogP contribution in [0.1, 0.15) is 18.4 Å². The molecule has 1 aliphatic rings. The van der Waals surface area contributed by atoms with Crippen molar-refractivity contribution in [2.45, 2.75) is 19.4 Å². The van der Waals surface area contributed by atoms with E-state index in [0.29, 0.717) is 6.54 Å². The van der Waals surface area contributed by atoms with Gasteiger partial charge >= 0.3 is 0 Å². The number of carbonyl (C=O) groups excluding carboxylic acids is 1. The van der Waals surface area contributed by atoms with E-state index < -0.39 is 0 Å². The summed E-state index contributed by atoms with van der Waals surface area (Å²) in [6, 6.07) is 13.7. The Balaban J connectivity index is 1.30. The zero-order chi connectivity index (χ0) is 21.6. The van der Waals surface area contributed by atoms with Gasteiger partial charge in [0.2, 0.25) is 5.91 Å². The molecule has 3 heterocycles. The molecule has 0 spiro atoms. The number of benzene rings is 1. The van der Waals surface area contributed by atoms with Crippen molar-refractivity contribution in [1.82, 2.24) is 15.5 Å². The fourth-order valence-corrected chi connectivity index (χ4v) is 4.46. The van der Waals surface area contributed by atoms with Gasteiger partial charge in [-0.15, -0.1) is 21.5 Å². The normalized spacial score (nSPS) is 14.3. The third-order valence-electron chi connectivity index (χ3n) is 5.55. The molecule has 0 unspecified atom stereocenters. The number of thiophene rings is 1. The number of hydrogen-bond acceptors (Lipinski definition) is 7. The van der Waals surface area contributed by atoms with Crippen molar-refractivity contribution in [3.05, 3.63) is 53.4 Å². The van der Waals surface area contributed by atoms with E-state index in [2.05, 4.69) is 20.4 Å². The van der Waals surface area contributed by atoms with Gasteiger partial charge in [-0.3, -0.25) is 4.79 Å². The lowest BCUT2D eigenvalue weighted by atomic mass is 9.95. The first-order valence-corrected chi connectivity index (χ1v) is 11.2. The van der Waals surface area contributed by atoms with Gasteiger partial charge in [0.15, 0.2) is 5.82 Å². The van der Waals surface area contributed by atoms with Gasteiger partial charge in [-0.25, -0.2) is 0 Å². The average Bonchev–Trinajstić information content (AvgIpc) is 3.37. The lowest BCUT2D eigenvalue weighted by Crippen LogP contribution is -2.40. The van der Waals surface area contributed by atoms with Gasteiger partial charge in [-0.2, -0.15) is 0 Å². The zero-order valence-electron chi connectivity index (χ0n) is 17.7. The van der Waals surface area contributed by atoms with E-state index in [0.717, 1.165) is 59.4 Å². The Morgan fingerprint density at radius 2 is 1.97 bits per heavy atom. The number of ether oxygens (including phenoxy) is 2. The maximum atomic E-state index is 12.7. The summed E-state index contributed by atoms with van der Waals surface area (Å²) in [5.74, 6) is 2.40. The molecule has 1 amide bonds. The first kappa shape index (κ1) is 21.1. The lowest BCUT2D eigenvalue weighted by molar-refractivity contribution is -0.125. The zero-order valence-corrected chi connectivity index (χ0v) is 18.5. The highest BCUT2D eigenvalue weighted by molar-refractivity contribution is 7.13. The minimum absolute atomic E-state index is 0.00814. The molecule has 162 valence electrons. The molecule has 0 atom stereocenters. The smallest absolute Gasteiger partial charge is 0.223 e. The molecule has 4 rings (SSSR count). The molecule has 0 aliphatic carbocycles. The maximum Gasteiger partial charge on any atom is 0.223 e. The summed E-state index contributed by atoms with van der Waals surface area (Å²) >= 11 is 1.65. The molecule has 3 aromatic rings. The predicted octanol–water partition coefficient (Wildman–Crippen LogP) is 3.76. The molecule has 2 aromatic heterocycles. The van der Waals surface area contributed by atoms with Gasteiger partial charge < -0.3 is 19.7 Å². The largest absolute Gasteiger partial charge is 0.497 e. The molecule has 1 saturated heterocycles. The Kier molecular flexibility index (Phi) is 6.66. The van der Waals surface area contributed by atoms with Crippen LogP contribution in [0, 0.1) is 5.92 Å². The summed E-state index contributed by atoms with van der Waals surface area (Å²) in [6.45, 7) is 1.98. The van der Waals surface area contributed by atoms with E-state index in [1.54, 1.807) is 25.6 Å². The second kappa shape index (κ2) is 9.78. The van der Waals surface area contributed by atoms with Crippen LogP contribution in [0.3, 0.4) is 0 Å². The summed E-state index contributed by atoms with van der Waals surface area (Å²) in [7, 11) is 3.25. The lowest BCUT2D eigenvalue weighted by Gasteiger charge is -2.31. The first-order valence-electron chi connectivity index (χ1n) is 10.3. The number of hydrogen-bond donors (Lipinski definition) is 1. The van der Waals surface area contributed by atoms with Crippen LogP contribution in [-0.2, 0) is 11.3 Å². The second-order valence-electron chi connectivity index (χ2n) is 7.41. The number of aromatic nitrogens is 2. The number of nitrogens with zero attached hydrogens (tertiary/aromatic N) is 3. The van der Waals surface area contributed by atoms with E-state index >= 15 is 0 Å². The van der Waals surface area contributed by atoms with Gasteiger partial charge in [-0.05, 0) is 54.6 Å². The van der Waals surface area contributed by atoms with Crippen molar-refractivity contribution < 1.29 is 14.3 Å². The van der Waals surface area contributed by atoms with Crippen molar-refractivity contribution in [1.29, 1.82) is 0 Å². The van der Waals surface area contributed by atoms with Crippen molar-refractivity contribution in [2.75, 3.05) is 32.2 Å². The molecule has 1 aliphatic heterocycles. The Morgan fingerprint density at radius 1 is 1.13 bits per heavy atom. The van der Waals surface area contributed by atoms with Gasteiger partial charge in [-0.1, -0.05) is 6.07 Å². The minimum atomic E-state index is -0.00814. The van der Waals surface area contributed by atoms with Crippen LogP contribution >= 0.6 is 11.3 Å². The Morgan fingerprint density at radius 3 is 2.61 bits per heavy atom. The molecule has 31 heavy (non-hydrogen) atoms. The molecule has 1 aromatic carbocycles. The Labute approximate surface area is 186 Å². The predicted molar refractivity (Wildman–Crippen MR) is 122 cm³/mol. The standard InChI is InChI=1S/C23H26N4O3S/c1-29-18-5-7-20(30-2)17(14-18)15-24-23(28)16-9-11-27(12-10-16)22-8-6-19(25-26-22)21-4-3-13-31-21/h3-8,13-14,16H,9-12,15H2,1-2H3,(H,24,28). The van der Waals surface area contributed by atoms with Crippen LogP contribution in [0.5, 0.6) is 11.5 Å². The second-order valence-corrected chi connectivity index (χ2v) is 8.36. The van der Waals surface area contributed by atoms with Crippen LogP contribution in [0.15, 0.2) is 47.8 Å². The minimum Gasteiger partial charge on any atom is -0.497 e. The van der Waals surface area contributed by atoms with Crippen molar-refractivity contribution in [3.63, 3.8) is 0 Å². The molecular weight excluding hydrogens is 412 g/mol. The molecule has 1 N–H and O–H groups in total. The van der Waals surface area contributed by atoms with Crippen LogP contribution < -0.4 is 19.7 Å². The van der Waals surface area contributed by atoms with Crippen LogP contribution in [0.2, 0.25) is 0 Å². The molecule has 8 heteroatoms. The molecule has 0 bridgehead atoms. The summed E-state index contributed by atoms with van der Waals surface area (Å²) in [5, 5.41) is 13.8. The maximum absolute atomic E-state index is 12.7. The monoisotopic (exact) mass is 438 g/mol. The number of methoxy groups -OCH3 is 2. The van der Waals surface area contributed by atoms with E-state index in [1.165, 1.54) is 0 Å². The van der Waals surface area contributed by atoms with E-state index in [-0.39, 0.29) is 11.8 Å². The van der Waals surface area contributed by atoms with E-state index in [1.807, 2.05) is 47.8 Å². The van der Waals surface area contributed by atoms with Crippen LogP contribution in [0.4, 0.5) is 5.82 Å². The summed E-state index contributed by atoms with van der Waals surface area (Å²) < 4.78 is 10.7. The third kappa shape index (κ3) is 4.96. The fourth-order valence-electron chi connectivity index (χ4n) is 3.77. The highest BCUT2D eigenvalue weighted by Crippen LogP contribution is 2.27. The number of carbonyl (C=O) groups is 1. The molecule has 0 radical (unpaired) electrons. The van der Waals surface area contributed by atoms with Crippen LogP contribution in [-0.4, -0.2) is 43.4 Å². The number of nitrogens with one attached hydrogen (secondary N) is 1. The van der Waals surface area contributed by atoms with Crippen molar-refractivity contribution >= 4 is 23.1 Å². The van der Waals surface area contributed by atoms with Gasteiger partial charge in [0.1, 0.15) is 17.2 Å². The van der Waals surface area contributed by atoms with Gasteiger partial charge in [0.25, 0.3) is 0 Å². The fraction of sp³-hybridized carbons (Fsp3) is 0.348. The van der Waals surface area contributed by atoms with E-state index in [4.69, 9.17) is 9.47 Å². The van der Waals surface area contributed by atoms with Gasteiger partial charge in [0.05, 0.1) is 19.1 Å². The molecule has 7 nitrogen and oxygen atoms in total. The van der Waals surface area contributed by atoms with Crippen molar-refractivity contribution in [2.24, 2.45) is 5.92 Å². The molecule has 0 saturated carbocycles. The summed E-state index contributed by atoms with van der Waals surface area (Å²) in [5.41, 5.74) is 1.79. The van der Waals surface area contributed by atoms with Crippen molar-refractivity contribution in [3.8, 4) is 22.1 Å². The third-order valence-corrected chi connectivity index (χ3v) is 6.45. The molecule has 1 fully saturated rings. The molecular formula is C23H26N4O3S. The topological polar surface area (TPSA) is 76.6 Å². The SMILES string of the molecule is COc1ccc(OC)c(CNC(=O)C2CCN(c3ccc(-c4cccs4)nn3)CC2)c1. The van der Waals surface area contributed by atoms with E-state index in [9.17, 15) is 4.79 Å². The number of piperidine rings is 1. The average molecular weight is 439 g/mol. The highest BCUT2D eigenvalue weighted by atomic mass is 32.1. The Bertz CT molecular complexity index is 1000. The van der Waals surface area contributed by atoms with Gasteiger partial charge in [0, 0.05) is 31.1 Å². The number of rotatable bonds is 7. The Hall–Kier alpha value is -3.13. The highest BCUT2D eigenvalue weighted by Gasteiger charge is 2.26. The summed E-state index contributed by atoms with van der Waals surface area (Å²) in [6.07, 6.45) is 1.57.